The highest BCUT2D eigenvalue weighted by molar-refractivity contribution is 6.00. The molecule has 19 heavy (non-hydrogen) atoms. The van der Waals surface area contributed by atoms with E-state index in [1.165, 1.54) is 15.6 Å². The summed E-state index contributed by atoms with van der Waals surface area (Å²) in [5.74, 6) is 0.236. The van der Waals surface area contributed by atoms with Crippen molar-refractivity contribution >= 4 is 11.5 Å². The summed E-state index contributed by atoms with van der Waals surface area (Å²) >= 11 is 0. The van der Waals surface area contributed by atoms with Crippen molar-refractivity contribution in [3.8, 4) is 5.82 Å². The average molecular weight is 265 g/mol. The van der Waals surface area contributed by atoms with Crippen LogP contribution in [0.5, 0.6) is 0 Å². The quantitative estimate of drug-likeness (QED) is 0.261. The number of nitrogens with two attached hydrogens (primary N) is 1. The lowest BCUT2D eigenvalue weighted by Gasteiger charge is -2.04. The van der Waals surface area contributed by atoms with Crippen LogP contribution in [-0.2, 0) is 7.05 Å². The van der Waals surface area contributed by atoms with E-state index >= 15 is 0 Å². The van der Waals surface area contributed by atoms with Crippen LogP contribution in [0.25, 0.3) is 5.82 Å². The van der Waals surface area contributed by atoms with Gasteiger partial charge < -0.3 is 10.9 Å². The van der Waals surface area contributed by atoms with E-state index in [2.05, 4.69) is 15.4 Å². The molecule has 0 aliphatic rings. The molecule has 0 amide bonds. The molecule has 0 spiro atoms. The summed E-state index contributed by atoms with van der Waals surface area (Å²) < 4.78 is 2.70. The van der Waals surface area contributed by atoms with Crippen molar-refractivity contribution in [3.63, 3.8) is 0 Å². The molecule has 0 saturated heterocycles. The smallest absolute Gasteiger partial charge is 0.307 e. The fourth-order valence-corrected chi connectivity index (χ4v) is 1.78. The van der Waals surface area contributed by atoms with Crippen molar-refractivity contribution in [2.45, 2.75) is 6.92 Å². The highest BCUT2D eigenvalue weighted by atomic mass is 16.6. The zero-order valence-corrected chi connectivity index (χ0v) is 10.2. The second-order valence-corrected chi connectivity index (χ2v) is 3.79. The molecule has 2 heterocycles. The van der Waals surface area contributed by atoms with Crippen molar-refractivity contribution in [3.05, 3.63) is 33.8 Å². The van der Waals surface area contributed by atoms with Gasteiger partial charge in [-0.2, -0.15) is 10.2 Å². The van der Waals surface area contributed by atoms with Crippen LogP contribution in [0.2, 0.25) is 0 Å². The van der Waals surface area contributed by atoms with Crippen LogP contribution in [-0.4, -0.2) is 35.5 Å². The molecule has 10 nitrogen and oxygen atoms in total. The first-order valence-corrected chi connectivity index (χ1v) is 5.16. The molecule has 0 saturated carbocycles. The van der Waals surface area contributed by atoms with E-state index in [0.29, 0.717) is 17.1 Å². The van der Waals surface area contributed by atoms with Gasteiger partial charge in [0.1, 0.15) is 12.4 Å². The summed E-state index contributed by atoms with van der Waals surface area (Å²) in [7, 11) is 1.63. The molecule has 0 atom stereocenters. The number of nitrogens with zero attached hydrogens (tertiary/aromatic N) is 6. The van der Waals surface area contributed by atoms with Gasteiger partial charge in [-0.1, -0.05) is 5.16 Å². The predicted octanol–water partition coefficient (Wildman–Crippen LogP) is -0.0831. The van der Waals surface area contributed by atoms with Crippen LogP contribution in [0.4, 0.5) is 5.69 Å². The highest BCUT2D eigenvalue weighted by Crippen LogP contribution is 2.19. The monoisotopic (exact) mass is 265 g/mol. The molecule has 0 radical (unpaired) electrons. The Morgan fingerprint density at radius 3 is 2.84 bits per heavy atom. The molecular formula is C9H11N7O3. The Labute approximate surface area is 106 Å². The third kappa shape index (κ3) is 1.99. The van der Waals surface area contributed by atoms with Crippen LogP contribution >= 0.6 is 0 Å². The lowest BCUT2D eigenvalue weighted by atomic mass is 10.2. The molecule has 0 aliphatic heterocycles. The van der Waals surface area contributed by atoms with Crippen LogP contribution in [0.1, 0.15) is 11.3 Å². The van der Waals surface area contributed by atoms with E-state index < -0.39 is 4.92 Å². The van der Waals surface area contributed by atoms with Gasteiger partial charge in [-0.25, -0.2) is 4.68 Å². The van der Waals surface area contributed by atoms with Gasteiger partial charge in [0.2, 0.25) is 0 Å². The third-order valence-electron chi connectivity index (χ3n) is 2.55. The Balaban J connectivity index is 2.64. The van der Waals surface area contributed by atoms with E-state index in [0.717, 1.165) is 6.20 Å². The molecule has 3 N–H and O–H groups in total. The lowest BCUT2D eigenvalue weighted by molar-refractivity contribution is -0.384. The van der Waals surface area contributed by atoms with E-state index in [-0.39, 0.29) is 11.5 Å². The third-order valence-corrected chi connectivity index (χ3v) is 2.55. The number of amidine groups is 1. The van der Waals surface area contributed by atoms with Gasteiger partial charge in [-0.3, -0.25) is 14.8 Å². The largest absolute Gasteiger partial charge is 0.409 e. The zero-order chi connectivity index (χ0) is 14.2. The fourth-order valence-electron chi connectivity index (χ4n) is 1.78. The van der Waals surface area contributed by atoms with Crippen molar-refractivity contribution < 1.29 is 10.1 Å². The molecular weight excluding hydrogens is 254 g/mol. The van der Waals surface area contributed by atoms with Gasteiger partial charge in [-0.05, 0) is 6.92 Å². The Morgan fingerprint density at radius 1 is 1.63 bits per heavy atom. The molecule has 2 aromatic heterocycles. The van der Waals surface area contributed by atoms with Crippen LogP contribution in [0, 0.1) is 17.0 Å². The predicted molar refractivity (Wildman–Crippen MR) is 64.2 cm³/mol. The van der Waals surface area contributed by atoms with E-state index in [9.17, 15) is 10.1 Å². The minimum absolute atomic E-state index is 0.140. The van der Waals surface area contributed by atoms with E-state index in [1.54, 1.807) is 14.0 Å². The van der Waals surface area contributed by atoms with Gasteiger partial charge in [-0.15, -0.1) is 0 Å². The van der Waals surface area contributed by atoms with Crippen molar-refractivity contribution in [1.82, 2.24) is 19.6 Å². The standard InChI is InChI=1S/C9H11N7O3/c1-5-7(8(10)13-17)9(14(2)12-5)15-4-6(3-11-15)16(18)19/h3-4,17H,1-2H3,(H2,10,13). The fraction of sp³-hybridized carbons (Fsp3) is 0.222. The summed E-state index contributed by atoms with van der Waals surface area (Å²) in [5, 5.41) is 30.4. The van der Waals surface area contributed by atoms with Crippen LogP contribution in [0.3, 0.4) is 0 Å². The molecule has 2 rings (SSSR count). The minimum atomic E-state index is -0.560. The number of rotatable bonds is 3. The Morgan fingerprint density at radius 2 is 2.32 bits per heavy atom. The summed E-state index contributed by atoms with van der Waals surface area (Å²) in [6, 6.07) is 0. The highest BCUT2D eigenvalue weighted by Gasteiger charge is 2.21. The molecule has 0 unspecified atom stereocenters. The van der Waals surface area contributed by atoms with Crippen LogP contribution in [0.15, 0.2) is 17.5 Å². The maximum absolute atomic E-state index is 10.7. The Hall–Kier alpha value is -2.91. The topological polar surface area (TPSA) is 137 Å². The number of aromatic nitrogens is 4. The normalized spacial score (nSPS) is 11.8. The van der Waals surface area contributed by atoms with Crippen molar-refractivity contribution in [2.24, 2.45) is 17.9 Å². The van der Waals surface area contributed by atoms with Gasteiger partial charge in [0.05, 0.1) is 16.2 Å². The first-order chi connectivity index (χ1) is 8.95. The minimum Gasteiger partial charge on any atom is -0.409 e. The summed E-state index contributed by atoms with van der Waals surface area (Å²) in [5.41, 5.74) is 6.31. The Kier molecular flexibility index (Phi) is 2.91. The number of oxime groups is 1. The summed E-state index contributed by atoms with van der Waals surface area (Å²) in [6.45, 7) is 1.68. The number of aryl methyl sites for hydroxylation is 2. The second kappa shape index (κ2) is 4.40. The number of hydrogen-bond acceptors (Lipinski definition) is 6. The lowest BCUT2D eigenvalue weighted by Crippen LogP contribution is -2.17. The van der Waals surface area contributed by atoms with Gasteiger partial charge in [0.25, 0.3) is 0 Å². The van der Waals surface area contributed by atoms with Gasteiger partial charge in [0, 0.05) is 7.05 Å². The van der Waals surface area contributed by atoms with Crippen LogP contribution < -0.4 is 5.73 Å². The van der Waals surface area contributed by atoms with Gasteiger partial charge >= 0.3 is 5.69 Å². The van der Waals surface area contributed by atoms with E-state index in [1.807, 2.05) is 0 Å². The summed E-state index contributed by atoms with van der Waals surface area (Å²) in [6.07, 6.45) is 2.34. The van der Waals surface area contributed by atoms with Gasteiger partial charge in [0.15, 0.2) is 11.7 Å². The maximum Gasteiger partial charge on any atom is 0.307 e. The van der Waals surface area contributed by atoms with Crippen molar-refractivity contribution in [2.75, 3.05) is 0 Å². The first kappa shape index (κ1) is 12.5. The van der Waals surface area contributed by atoms with E-state index in [4.69, 9.17) is 10.9 Å². The summed E-state index contributed by atoms with van der Waals surface area (Å²) in [4.78, 5) is 10.1. The molecule has 10 heteroatoms. The zero-order valence-electron chi connectivity index (χ0n) is 10.2. The average Bonchev–Trinajstić information content (AvgIpc) is 2.92. The second-order valence-electron chi connectivity index (χ2n) is 3.79. The molecule has 0 fully saturated rings. The molecule has 0 aliphatic carbocycles. The SMILES string of the molecule is Cc1nn(C)c(-n2cc([N+](=O)[O-])cn2)c1/C(N)=N/O. The maximum atomic E-state index is 10.7. The number of nitro groups is 1. The molecule has 100 valence electrons. The molecule has 0 aromatic carbocycles. The number of hydrogen-bond donors (Lipinski definition) is 2. The molecule has 0 bridgehead atoms. The Bertz CT molecular complexity index is 669. The molecule has 2 aromatic rings. The first-order valence-electron chi connectivity index (χ1n) is 5.16. The van der Waals surface area contributed by atoms with Crippen molar-refractivity contribution in [1.29, 1.82) is 0 Å².